The molecule has 2 rings (SSSR count). The first kappa shape index (κ1) is 13.4. The number of nitrogens with one attached hydrogen (secondary N) is 1. The molecule has 0 amide bonds. The zero-order valence-corrected chi connectivity index (χ0v) is 11.0. The van der Waals surface area contributed by atoms with Gasteiger partial charge in [0, 0.05) is 12.2 Å². The number of hydrogen-bond donors (Lipinski definition) is 2. The molecule has 0 radical (unpaired) electrons. The third kappa shape index (κ3) is 4.00. The van der Waals surface area contributed by atoms with E-state index in [4.69, 9.17) is 4.74 Å². The minimum atomic E-state index is -0.424. The van der Waals surface area contributed by atoms with E-state index in [0.29, 0.717) is 6.42 Å². The SMILES string of the molecule is COc1ccc(NCCC(O)c2ccccc2)cc1. The first-order valence-corrected chi connectivity index (χ1v) is 6.40. The van der Waals surface area contributed by atoms with E-state index >= 15 is 0 Å². The molecule has 100 valence electrons. The van der Waals surface area contributed by atoms with Crippen molar-refractivity contribution in [3.8, 4) is 5.75 Å². The van der Waals surface area contributed by atoms with E-state index < -0.39 is 6.10 Å². The Hall–Kier alpha value is -2.00. The summed E-state index contributed by atoms with van der Waals surface area (Å²) in [6.45, 7) is 0.725. The molecule has 0 spiro atoms. The fraction of sp³-hybridized carbons (Fsp3) is 0.250. The molecule has 0 aliphatic carbocycles. The Kier molecular flexibility index (Phi) is 4.81. The maximum absolute atomic E-state index is 10.0. The Morgan fingerprint density at radius 1 is 1.05 bits per heavy atom. The van der Waals surface area contributed by atoms with Crippen molar-refractivity contribution in [2.75, 3.05) is 19.0 Å². The third-order valence-corrected chi connectivity index (χ3v) is 3.02. The Bertz CT molecular complexity index is 482. The molecule has 2 N–H and O–H groups in total. The van der Waals surface area contributed by atoms with Crippen LogP contribution in [0.2, 0.25) is 0 Å². The molecule has 0 bridgehead atoms. The van der Waals surface area contributed by atoms with Gasteiger partial charge in [0.15, 0.2) is 0 Å². The molecule has 3 nitrogen and oxygen atoms in total. The molecule has 19 heavy (non-hydrogen) atoms. The molecule has 0 heterocycles. The molecule has 0 aliphatic heterocycles. The van der Waals surface area contributed by atoms with Crippen LogP contribution in [0.25, 0.3) is 0 Å². The highest BCUT2D eigenvalue weighted by molar-refractivity contribution is 5.46. The lowest BCUT2D eigenvalue weighted by Gasteiger charge is -2.12. The third-order valence-electron chi connectivity index (χ3n) is 3.02. The van der Waals surface area contributed by atoms with Gasteiger partial charge in [-0.3, -0.25) is 0 Å². The van der Waals surface area contributed by atoms with Crippen LogP contribution in [0.1, 0.15) is 18.1 Å². The maximum Gasteiger partial charge on any atom is 0.119 e. The summed E-state index contributed by atoms with van der Waals surface area (Å²) < 4.78 is 5.10. The average Bonchev–Trinajstić information content (AvgIpc) is 2.49. The highest BCUT2D eigenvalue weighted by atomic mass is 16.5. The molecule has 2 aromatic carbocycles. The van der Waals surface area contributed by atoms with Crippen molar-refractivity contribution in [2.45, 2.75) is 12.5 Å². The predicted octanol–water partition coefficient (Wildman–Crippen LogP) is 3.23. The van der Waals surface area contributed by atoms with Gasteiger partial charge in [0.25, 0.3) is 0 Å². The summed E-state index contributed by atoms with van der Waals surface area (Å²) in [7, 11) is 1.65. The number of benzene rings is 2. The second kappa shape index (κ2) is 6.81. The van der Waals surface area contributed by atoms with Gasteiger partial charge in [0.05, 0.1) is 13.2 Å². The summed E-state index contributed by atoms with van der Waals surface area (Å²) in [5, 5.41) is 13.3. The normalized spacial score (nSPS) is 11.9. The van der Waals surface area contributed by atoms with Crippen molar-refractivity contribution < 1.29 is 9.84 Å². The first-order valence-electron chi connectivity index (χ1n) is 6.40. The molecule has 2 aromatic rings. The van der Waals surface area contributed by atoms with Gasteiger partial charge in [0.2, 0.25) is 0 Å². The Balaban J connectivity index is 1.79. The number of rotatable bonds is 6. The standard InChI is InChI=1S/C16H19NO2/c1-19-15-9-7-14(8-10-15)17-12-11-16(18)13-5-3-2-4-6-13/h2-10,16-18H,11-12H2,1H3. The van der Waals surface area contributed by atoms with E-state index in [1.54, 1.807) is 7.11 Å². The highest BCUT2D eigenvalue weighted by Crippen LogP contribution is 2.18. The van der Waals surface area contributed by atoms with E-state index in [1.165, 1.54) is 0 Å². The summed E-state index contributed by atoms with van der Waals surface area (Å²) >= 11 is 0. The lowest BCUT2D eigenvalue weighted by atomic mass is 10.1. The molecule has 1 unspecified atom stereocenters. The molecular formula is C16H19NO2. The average molecular weight is 257 g/mol. The summed E-state index contributed by atoms with van der Waals surface area (Å²) in [5.74, 6) is 0.842. The van der Waals surface area contributed by atoms with Gasteiger partial charge in [-0.1, -0.05) is 30.3 Å². The minimum absolute atomic E-state index is 0.424. The Morgan fingerprint density at radius 3 is 2.37 bits per heavy atom. The summed E-state index contributed by atoms with van der Waals surface area (Å²) in [6.07, 6.45) is 0.253. The summed E-state index contributed by atoms with van der Waals surface area (Å²) in [5.41, 5.74) is 1.99. The van der Waals surface area contributed by atoms with Crippen molar-refractivity contribution in [1.29, 1.82) is 0 Å². The molecule has 0 saturated carbocycles. The first-order chi connectivity index (χ1) is 9.29. The molecule has 0 aromatic heterocycles. The van der Waals surface area contributed by atoms with Crippen molar-refractivity contribution in [3.05, 3.63) is 60.2 Å². The Labute approximate surface area is 113 Å². The molecule has 3 heteroatoms. The largest absolute Gasteiger partial charge is 0.497 e. The van der Waals surface area contributed by atoms with Crippen molar-refractivity contribution in [1.82, 2.24) is 0 Å². The number of anilines is 1. The van der Waals surface area contributed by atoms with Gasteiger partial charge in [-0.25, -0.2) is 0 Å². The molecule has 0 fully saturated rings. The van der Waals surface area contributed by atoms with Gasteiger partial charge in [-0.15, -0.1) is 0 Å². The summed E-state index contributed by atoms with van der Waals surface area (Å²) in [6, 6.07) is 17.5. The second-order valence-corrected chi connectivity index (χ2v) is 4.37. The van der Waals surface area contributed by atoms with Crippen LogP contribution in [0.5, 0.6) is 5.75 Å². The lowest BCUT2D eigenvalue weighted by molar-refractivity contribution is 0.171. The topological polar surface area (TPSA) is 41.5 Å². The number of aliphatic hydroxyl groups is 1. The van der Waals surface area contributed by atoms with Crippen molar-refractivity contribution in [3.63, 3.8) is 0 Å². The van der Waals surface area contributed by atoms with Crippen LogP contribution >= 0.6 is 0 Å². The van der Waals surface area contributed by atoms with Gasteiger partial charge >= 0.3 is 0 Å². The van der Waals surface area contributed by atoms with Gasteiger partial charge < -0.3 is 15.2 Å². The van der Waals surface area contributed by atoms with E-state index in [0.717, 1.165) is 23.5 Å². The van der Waals surface area contributed by atoms with Crippen molar-refractivity contribution in [2.24, 2.45) is 0 Å². The van der Waals surface area contributed by atoms with E-state index in [2.05, 4.69) is 5.32 Å². The van der Waals surface area contributed by atoms with Crippen LogP contribution in [0.15, 0.2) is 54.6 Å². The minimum Gasteiger partial charge on any atom is -0.497 e. The van der Waals surface area contributed by atoms with Crippen LogP contribution < -0.4 is 10.1 Å². The zero-order valence-electron chi connectivity index (χ0n) is 11.0. The fourth-order valence-electron chi connectivity index (χ4n) is 1.90. The van der Waals surface area contributed by atoms with Crippen LogP contribution in [0, 0.1) is 0 Å². The van der Waals surface area contributed by atoms with Crippen LogP contribution in [0.3, 0.4) is 0 Å². The Morgan fingerprint density at radius 2 is 1.74 bits per heavy atom. The number of ether oxygens (including phenoxy) is 1. The monoisotopic (exact) mass is 257 g/mol. The van der Waals surface area contributed by atoms with E-state index in [9.17, 15) is 5.11 Å². The smallest absolute Gasteiger partial charge is 0.119 e. The molecular weight excluding hydrogens is 238 g/mol. The fourth-order valence-corrected chi connectivity index (χ4v) is 1.90. The van der Waals surface area contributed by atoms with Gasteiger partial charge in [0.1, 0.15) is 5.75 Å². The van der Waals surface area contributed by atoms with Crippen LogP contribution in [-0.4, -0.2) is 18.8 Å². The van der Waals surface area contributed by atoms with E-state index in [1.807, 2.05) is 54.6 Å². The van der Waals surface area contributed by atoms with Crippen LogP contribution in [-0.2, 0) is 0 Å². The van der Waals surface area contributed by atoms with Crippen molar-refractivity contribution >= 4 is 5.69 Å². The molecule has 1 atom stereocenters. The van der Waals surface area contributed by atoms with Crippen LogP contribution in [0.4, 0.5) is 5.69 Å². The predicted molar refractivity (Wildman–Crippen MR) is 77.5 cm³/mol. The molecule has 0 saturated heterocycles. The summed E-state index contributed by atoms with van der Waals surface area (Å²) in [4.78, 5) is 0. The highest BCUT2D eigenvalue weighted by Gasteiger charge is 2.05. The lowest BCUT2D eigenvalue weighted by Crippen LogP contribution is -2.07. The second-order valence-electron chi connectivity index (χ2n) is 4.37. The zero-order chi connectivity index (χ0) is 13.5. The number of hydrogen-bond acceptors (Lipinski definition) is 3. The maximum atomic E-state index is 10.0. The molecule has 0 aliphatic rings. The quantitative estimate of drug-likeness (QED) is 0.834. The number of methoxy groups -OCH3 is 1. The van der Waals surface area contributed by atoms with Gasteiger partial charge in [-0.2, -0.15) is 0 Å². The van der Waals surface area contributed by atoms with E-state index in [-0.39, 0.29) is 0 Å². The number of aliphatic hydroxyl groups excluding tert-OH is 1. The van der Waals surface area contributed by atoms with Gasteiger partial charge in [-0.05, 0) is 36.2 Å².